The molecule has 0 aromatic heterocycles. The molecule has 0 aliphatic carbocycles. The number of aryl methyl sites for hydroxylation is 1. The fourth-order valence-corrected chi connectivity index (χ4v) is 5.59. The number of carbonyl (C=O) groups excluding carboxylic acids is 1. The number of piperazine rings is 1. The first-order valence-corrected chi connectivity index (χ1v) is 11.4. The molecule has 160 valence electrons. The van der Waals surface area contributed by atoms with Gasteiger partial charge in [-0.1, -0.05) is 24.3 Å². The van der Waals surface area contributed by atoms with E-state index in [1.807, 2.05) is 29.2 Å². The second kappa shape index (κ2) is 8.41. The molecule has 30 heavy (non-hydrogen) atoms. The van der Waals surface area contributed by atoms with E-state index in [0.29, 0.717) is 19.6 Å². The van der Waals surface area contributed by atoms with Crippen LogP contribution in [0.4, 0.5) is 14.5 Å². The van der Waals surface area contributed by atoms with Crippen molar-refractivity contribution in [1.29, 1.82) is 0 Å². The van der Waals surface area contributed by atoms with Crippen molar-refractivity contribution in [1.82, 2.24) is 9.21 Å². The van der Waals surface area contributed by atoms with E-state index < -0.39 is 26.6 Å². The Morgan fingerprint density at radius 1 is 0.900 bits per heavy atom. The number of sulfonamides is 1. The summed E-state index contributed by atoms with van der Waals surface area (Å²) in [5, 5.41) is 0. The predicted molar refractivity (Wildman–Crippen MR) is 109 cm³/mol. The van der Waals surface area contributed by atoms with Gasteiger partial charge in [-0.05, 0) is 36.6 Å². The number of para-hydroxylation sites is 1. The zero-order valence-electron chi connectivity index (χ0n) is 16.4. The van der Waals surface area contributed by atoms with E-state index in [0.717, 1.165) is 46.6 Å². The molecule has 0 unspecified atom stereocenters. The van der Waals surface area contributed by atoms with E-state index in [1.165, 1.54) is 0 Å². The Morgan fingerprint density at radius 2 is 1.57 bits per heavy atom. The van der Waals surface area contributed by atoms with Crippen LogP contribution < -0.4 is 4.90 Å². The molecular weight excluding hydrogens is 412 g/mol. The quantitative estimate of drug-likeness (QED) is 0.739. The second-order valence-corrected chi connectivity index (χ2v) is 9.38. The highest BCUT2D eigenvalue weighted by atomic mass is 32.2. The standard InChI is InChI=1S/C21H23F2N3O3S/c22-17-7-3-8-18(23)21(17)30(28,29)25-13-11-24(12-14-25)15-20(27)26-10-4-6-16-5-1-2-9-19(16)26/h1-3,5,7-9H,4,6,10-15H2. The summed E-state index contributed by atoms with van der Waals surface area (Å²) >= 11 is 0. The van der Waals surface area contributed by atoms with Crippen LogP contribution >= 0.6 is 0 Å². The maximum atomic E-state index is 14.0. The molecule has 1 fully saturated rings. The van der Waals surface area contributed by atoms with Crippen LogP contribution in [-0.4, -0.2) is 62.8 Å². The molecule has 6 nitrogen and oxygen atoms in total. The van der Waals surface area contributed by atoms with Crippen LogP contribution in [0.1, 0.15) is 12.0 Å². The minimum absolute atomic E-state index is 0.0291. The third-order valence-electron chi connectivity index (χ3n) is 5.62. The summed E-state index contributed by atoms with van der Waals surface area (Å²) in [7, 11) is -4.27. The number of carbonyl (C=O) groups is 1. The van der Waals surface area contributed by atoms with Gasteiger partial charge < -0.3 is 4.90 Å². The van der Waals surface area contributed by atoms with Crippen LogP contribution in [0.15, 0.2) is 47.4 Å². The van der Waals surface area contributed by atoms with Gasteiger partial charge in [-0.2, -0.15) is 4.31 Å². The van der Waals surface area contributed by atoms with Gasteiger partial charge in [-0.25, -0.2) is 17.2 Å². The second-order valence-electron chi connectivity index (χ2n) is 7.51. The maximum Gasteiger partial charge on any atom is 0.249 e. The summed E-state index contributed by atoms with van der Waals surface area (Å²) in [5.74, 6) is -2.23. The summed E-state index contributed by atoms with van der Waals surface area (Å²) in [6.45, 7) is 1.61. The van der Waals surface area contributed by atoms with Crippen LogP contribution in [0.3, 0.4) is 0 Å². The van der Waals surface area contributed by atoms with Crippen molar-refractivity contribution >= 4 is 21.6 Å². The Morgan fingerprint density at radius 3 is 2.27 bits per heavy atom. The lowest BCUT2D eigenvalue weighted by atomic mass is 10.0. The van der Waals surface area contributed by atoms with Crippen molar-refractivity contribution in [2.24, 2.45) is 0 Å². The fourth-order valence-electron chi connectivity index (χ4n) is 4.06. The number of nitrogens with zero attached hydrogens (tertiary/aromatic N) is 3. The molecule has 0 N–H and O–H groups in total. The van der Waals surface area contributed by atoms with Gasteiger partial charge >= 0.3 is 0 Å². The highest BCUT2D eigenvalue weighted by molar-refractivity contribution is 7.89. The fraction of sp³-hybridized carbons (Fsp3) is 0.381. The molecule has 0 radical (unpaired) electrons. The van der Waals surface area contributed by atoms with Crippen molar-refractivity contribution in [3.8, 4) is 0 Å². The molecule has 4 rings (SSSR count). The smallest absolute Gasteiger partial charge is 0.249 e. The van der Waals surface area contributed by atoms with Gasteiger partial charge in [-0.3, -0.25) is 9.69 Å². The molecule has 1 saturated heterocycles. The molecule has 0 atom stereocenters. The summed E-state index contributed by atoms with van der Waals surface area (Å²) in [4.78, 5) is 15.6. The topological polar surface area (TPSA) is 60.9 Å². The molecule has 0 spiro atoms. The van der Waals surface area contributed by atoms with Crippen molar-refractivity contribution in [3.05, 3.63) is 59.7 Å². The molecule has 1 amide bonds. The van der Waals surface area contributed by atoms with E-state index in [1.54, 1.807) is 4.90 Å². The summed E-state index contributed by atoms with van der Waals surface area (Å²) < 4.78 is 54.4. The highest BCUT2D eigenvalue weighted by Gasteiger charge is 2.34. The van der Waals surface area contributed by atoms with Crippen LogP contribution in [0, 0.1) is 11.6 Å². The first-order chi connectivity index (χ1) is 14.4. The van der Waals surface area contributed by atoms with Gasteiger partial charge in [0.1, 0.15) is 11.6 Å². The third-order valence-corrected chi connectivity index (χ3v) is 7.57. The Bertz CT molecular complexity index is 1030. The Kier molecular flexibility index (Phi) is 5.86. The van der Waals surface area contributed by atoms with Gasteiger partial charge in [0.25, 0.3) is 0 Å². The molecule has 2 aliphatic heterocycles. The van der Waals surface area contributed by atoms with E-state index >= 15 is 0 Å². The molecule has 2 aromatic rings. The molecule has 9 heteroatoms. The number of anilines is 1. The number of rotatable bonds is 4. The van der Waals surface area contributed by atoms with Gasteiger partial charge in [-0.15, -0.1) is 0 Å². The Hall–Kier alpha value is -2.36. The van der Waals surface area contributed by atoms with E-state index in [4.69, 9.17) is 0 Å². The summed E-state index contributed by atoms with van der Waals surface area (Å²) in [5.41, 5.74) is 2.09. The first kappa shape index (κ1) is 20.9. The molecule has 2 heterocycles. The Balaban J connectivity index is 1.40. The number of halogens is 2. The van der Waals surface area contributed by atoms with Crippen LogP contribution in [0.5, 0.6) is 0 Å². The molecule has 2 aromatic carbocycles. The first-order valence-electron chi connectivity index (χ1n) is 9.93. The number of benzene rings is 2. The zero-order valence-corrected chi connectivity index (χ0v) is 17.2. The third kappa shape index (κ3) is 3.97. The van der Waals surface area contributed by atoms with E-state index in [2.05, 4.69) is 0 Å². The summed E-state index contributed by atoms with van der Waals surface area (Å²) in [6, 6.07) is 10.8. The monoisotopic (exact) mass is 435 g/mol. The lowest BCUT2D eigenvalue weighted by Crippen LogP contribution is -2.52. The van der Waals surface area contributed by atoms with Crippen molar-refractivity contribution in [3.63, 3.8) is 0 Å². The zero-order chi connectivity index (χ0) is 21.3. The van der Waals surface area contributed by atoms with Gasteiger partial charge in [0.2, 0.25) is 15.9 Å². The van der Waals surface area contributed by atoms with Crippen molar-refractivity contribution in [2.45, 2.75) is 17.7 Å². The minimum atomic E-state index is -4.27. The van der Waals surface area contributed by atoms with Gasteiger partial charge in [0.05, 0.1) is 6.54 Å². The van der Waals surface area contributed by atoms with Crippen molar-refractivity contribution in [2.75, 3.05) is 44.2 Å². The van der Waals surface area contributed by atoms with Crippen LogP contribution in [0.2, 0.25) is 0 Å². The lowest BCUT2D eigenvalue weighted by Gasteiger charge is -2.36. The molecular formula is C21H23F2N3O3S. The minimum Gasteiger partial charge on any atom is -0.311 e. The van der Waals surface area contributed by atoms with E-state index in [-0.39, 0.29) is 25.5 Å². The largest absolute Gasteiger partial charge is 0.311 e. The molecule has 0 bridgehead atoms. The van der Waals surface area contributed by atoms with Crippen LogP contribution in [-0.2, 0) is 21.2 Å². The molecule has 2 aliphatic rings. The van der Waals surface area contributed by atoms with Gasteiger partial charge in [0, 0.05) is 38.4 Å². The number of fused-ring (bicyclic) bond motifs is 1. The normalized spacial score (nSPS) is 18.3. The molecule has 0 saturated carbocycles. The number of hydrogen-bond donors (Lipinski definition) is 0. The summed E-state index contributed by atoms with van der Waals surface area (Å²) in [6.07, 6.45) is 1.85. The Labute approximate surface area is 174 Å². The lowest BCUT2D eigenvalue weighted by molar-refractivity contribution is -0.120. The maximum absolute atomic E-state index is 14.0. The average Bonchev–Trinajstić information content (AvgIpc) is 2.73. The SMILES string of the molecule is O=C(CN1CCN(S(=O)(=O)c2c(F)cccc2F)CC1)N1CCCc2ccccc21. The van der Waals surface area contributed by atoms with Gasteiger partial charge in [0.15, 0.2) is 4.90 Å². The number of amides is 1. The average molecular weight is 435 g/mol. The predicted octanol–water partition coefficient (Wildman–Crippen LogP) is 2.25. The number of hydrogen-bond acceptors (Lipinski definition) is 4. The highest BCUT2D eigenvalue weighted by Crippen LogP contribution is 2.27. The van der Waals surface area contributed by atoms with E-state index in [9.17, 15) is 22.0 Å². The van der Waals surface area contributed by atoms with Crippen molar-refractivity contribution < 1.29 is 22.0 Å². The van der Waals surface area contributed by atoms with Crippen LogP contribution in [0.25, 0.3) is 0 Å².